The van der Waals surface area contributed by atoms with Crippen molar-refractivity contribution >= 4 is 11.6 Å². The summed E-state index contributed by atoms with van der Waals surface area (Å²) >= 11 is 6.21. The molecule has 4 saturated carbocycles. The second kappa shape index (κ2) is 6.53. The van der Waals surface area contributed by atoms with Crippen LogP contribution in [0.4, 0.5) is 0 Å². The Morgan fingerprint density at radius 2 is 1.79 bits per heavy atom. The molecule has 1 atom stereocenters. The number of ether oxygens (including phenoxy) is 1. The van der Waals surface area contributed by atoms with Gasteiger partial charge < -0.3 is 10.1 Å². The van der Waals surface area contributed by atoms with E-state index in [0.717, 1.165) is 35.1 Å². The molecule has 0 saturated heterocycles. The molecule has 4 fully saturated rings. The van der Waals surface area contributed by atoms with Crippen LogP contribution in [-0.2, 0) is 6.54 Å². The third kappa shape index (κ3) is 3.08. The summed E-state index contributed by atoms with van der Waals surface area (Å²) in [6.07, 6.45) is 8.86. The average molecular weight is 348 g/mol. The molecular weight excluding hydrogens is 318 g/mol. The molecule has 132 valence electrons. The lowest BCUT2D eigenvalue weighted by atomic mass is 9.48. The van der Waals surface area contributed by atoms with Crippen molar-refractivity contribution in [3.05, 3.63) is 28.8 Å². The summed E-state index contributed by atoms with van der Waals surface area (Å²) in [5.41, 5.74) is 1.72. The van der Waals surface area contributed by atoms with Gasteiger partial charge in [-0.15, -0.1) is 0 Å². The van der Waals surface area contributed by atoms with Gasteiger partial charge >= 0.3 is 0 Å². The minimum absolute atomic E-state index is 0.541. The quantitative estimate of drug-likeness (QED) is 0.740. The standard InChI is InChI=1S/C21H30ClNO/c1-3-24-20-5-4-19(22)9-18(20)13-23-14(2)21-10-15-6-16(11-21)8-17(7-15)12-21/h4-5,9,14-17,23H,3,6-8,10-13H2,1-2H3. The number of halogens is 1. The molecule has 0 spiro atoms. The maximum atomic E-state index is 6.21. The first-order valence-corrected chi connectivity index (χ1v) is 10.1. The molecule has 4 aliphatic rings. The average Bonchev–Trinajstić information content (AvgIpc) is 2.53. The number of nitrogens with one attached hydrogen (secondary N) is 1. The van der Waals surface area contributed by atoms with Crippen LogP contribution >= 0.6 is 11.6 Å². The van der Waals surface area contributed by atoms with Gasteiger partial charge in [-0.25, -0.2) is 0 Å². The van der Waals surface area contributed by atoms with Gasteiger partial charge in [0.25, 0.3) is 0 Å². The molecule has 0 amide bonds. The lowest BCUT2D eigenvalue weighted by Gasteiger charge is -2.59. The van der Waals surface area contributed by atoms with Crippen LogP contribution < -0.4 is 10.1 Å². The summed E-state index contributed by atoms with van der Waals surface area (Å²) in [7, 11) is 0. The Kier molecular flexibility index (Phi) is 4.55. The van der Waals surface area contributed by atoms with Gasteiger partial charge in [0, 0.05) is 23.2 Å². The van der Waals surface area contributed by atoms with Gasteiger partial charge in [-0.2, -0.15) is 0 Å². The third-order valence-corrected chi connectivity index (χ3v) is 7.16. The Morgan fingerprint density at radius 1 is 1.17 bits per heavy atom. The Balaban J connectivity index is 1.45. The smallest absolute Gasteiger partial charge is 0.123 e. The molecule has 0 heterocycles. The first-order chi connectivity index (χ1) is 11.6. The fraction of sp³-hybridized carbons (Fsp3) is 0.714. The Hall–Kier alpha value is -0.730. The van der Waals surface area contributed by atoms with Crippen molar-refractivity contribution in [2.45, 2.75) is 65.0 Å². The van der Waals surface area contributed by atoms with E-state index in [1.54, 1.807) is 0 Å². The van der Waals surface area contributed by atoms with E-state index >= 15 is 0 Å². The largest absolute Gasteiger partial charge is 0.494 e. The summed E-state index contributed by atoms with van der Waals surface area (Å²) < 4.78 is 5.77. The maximum absolute atomic E-state index is 6.21. The van der Waals surface area contributed by atoms with E-state index < -0.39 is 0 Å². The van der Waals surface area contributed by atoms with Crippen molar-refractivity contribution in [3.8, 4) is 5.75 Å². The van der Waals surface area contributed by atoms with E-state index in [4.69, 9.17) is 16.3 Å². The van der Waals surface area contributed by atoms with Gasteiger partial charge in [0.2, 0.25) is 0 Å². The molecule has 1 aromatic rings. The normalized spacial score (nSPS) is 35.2. The van der Waals surface area contributed by atoms with Gasteiger partial charge in [-0.3, -0.25) is 0 Å². The number of rotatable bonds is 6. The lowest BCUT2D eigenvalue weighted by Crippen LogP contribution is -2.54. The van der Waals surface area contributed by atoms with Crippen molar-refractivity contribution in [1.29, 1.82) is 0 Å². The van der Waals surface area contributed by atoms with E-state index in [-0.39, 0.29) is 0 Å². The predicted octanol–water partition coefficient (Wildman–Crippen LogP) is 5.43. The molecule has 1 aromatic carbocycles. The number of benzene rings is 1. The van der Waals surface area contributed by atoms with Crippen LogP contribution in [0.2, 0.25) is 5.02 Å². The first kappa shape index (κ1) is 16.7. The molecule has 24 heavy (non-hydrogen) atoms. The van der Waals surface area contributed by atoms with Crippen LogP contribution in [0, 0.1) is 23.2 Å². The number of hydrogen-bond donors (Lipinski definition) is 1. The SMILES string of the molecule is CCOc1ccc(Cl)cc1CNC(C)C12CC3CC(CC(C3)C1)C2. The molecule has 1 N–H and O–H groups in total. The molecule has 4 bridgehead atoms. The maximum Gasteiger partial charge on any atom is 0.123 e. The molecule has 1 unspecified atom stereocenters. The van der Waals surface area contributed by atoms with E-state index in [9.17, 15) is 0 Å². The molecule has 5 rings (SSSR count). The van der Waals surface area contributed by atoms with Crippen molar-refractivity contribution in [2.75, 3.05) is 6.61 Å². The summed E-state index contributed by atoms with van der Waals surface area (Å²) in [6, 6.07) is 6.53. The van der Waals surface area contributed by atoms with Crippen molar-refractivity contribution in [1.82, 2.24) is 5.32 Å². The van der Waals surface area contributed by atoms with Gasteiger partial charge in [-0.05, 0) is 93.7 Å². The van der Waals surface area contributed by atoms with Crippen LogP contribution in [0.5, 0.6) is 5.75 Å². The van der Waals surface area contributed by atoms with E-state index in [1.165, 1.54) is 44.1 Å². The zero-order valence-corrected chi connectivity index (χ0v) is 15.7. The van der Waals surface area contributed by atoms with E-state index in [1.807, 2.05) is 25.1 Å². The van der Waals surface area contributed by atoms with Crippen LogP contribution in [0.25, 0.3) is 0 Å². The van der Waals surface area contributed by atoms with Gasteiger partial charge in [0.1, 0.15) is 5.75 Å². The number of hydrogen-bond acceptors (Lipinski definition) is 2. The molecule has 0 radical (unpaired) electrons. The van der Waals surface area contributed by atoms with E-state index in [2.05, 4.69) is 12.2 Å². The topological polar surface area (TPSA) is 21.3 Å². The zero-order chi connectivity index (χ0) is 16.7. The van der Waals surface area contributed by atoms with Crippen molar-refractivity contribution in [2.24, 2.45) is 23.2 Å². The van der Waals surface area contributed by atoms with Crippen LogP contribution in [0.15, 0.2) is 18.2 Å². The Labute approximate surface area is 151 Å². The van der Waals surface area contributed by atoms with Crippen molar-refractivity contribution in [3.63, 3.8) is 0 Å². The Morgan fingerprint density at radius 3 is 2.38 bits per heavy atom. The van der Waals surface area contributed by atoms with Gasteiger partial charge in [-0.1, -0.05) is 11.6 Å². The highest BCUT2D eigenvalue weighted by atomic mass is 35.5. The molecular formula is C21H30ClNO. The highest BCUT2D eigenvalue weighted by molar-refractivity contribution is 6.30. The molecule has 2 nitrogen and oxygen atoms in total. The fourth-order valence-corrected chi connectivity index (χ4v) is 6.36. The highest BCUT2D eigenvalue weighted by Gasteiger charge is 2.52. The first-order valence-electron chi connectivity index (χ1n) is 9.72. The third-order valence-electron chi connectivity index (χ3n) is 6.93. The minimum atomic E-state index is 0.541. The van der Waals surface area contributed by atoms with Crippen LogP contribution in [-0.4, -0.2) is 12.6 Å². The zero-order valence-electron chi connectivity index (χ0n) is 15.0. The molecule has 0 aromatic heterocycles. The van der Waals surface area contributed by atoms with Gasteiger partial charge in [0.15, 0.2) is 0 Å². The fourth-order valence-electron chi connectivity index (χ4n) is 6.17. The van der Waals surface area contributed by atoms with E-state index in [0.29, 0.717) is 18.1 Å². The van der Waals surface area contributed by atoms with Crippen molar-refractivity contribution < 1.29 is 4.74 Å². The minimum Gasteiger partial charge on any atom is -0.494 e. The second-order valence-corrected chi connectivity index (χ2v) is 9.00. The predicted molar refractivity (Wildman–Crippen MR) is 99.5 cm³/mol. The summed E-state index contributed by atoms with van der Waals surface area (Å²) in [6.45, 7) is 5.99. The molecule has 3 heteroatoms. The summed E-state index contributed by atoms with van der Waals surface area (Å²) in [4.78, 5) is 0. The highest BCUT2D eigenvalue weighted by Crippen LogP contribution is 2.61. The van der Waals surface area contributed by atoms with Crippen LogP contribution in [0.3, 0.4) is 0 Å². The second-order valence-electron chi connectivity index (χ2n) is 8.57. The van der Waals surface area contributed by atoms with Crippen LogP contribution in [0.1, 0.15) is 57.9 Å². The summed E-state index contributed by atoms with van der Waals surface area (Å²) in [5.74, 6) is 3.98. The monoisotopic (exact) mass is 347 g/mol. The van der Waals surface area contributed by atoms with Gasteiger partial charge in [0.05, 0.1) is 6.61 Å². The summed E-state index contributed by atoms with van der Waals surface area (Å²) in [5, 5.41) is 4.63. The Bertz CT molecular complexity index is 564. The molecule has 4 aliphatic carbocycles. The lowest BCUT2D eigenvalue weighted by molar-refractivity contribution is -0.0706. The molecule has 0 aliphatic heterocycles.